The second kappa shape index (κ2) is 5.62. The standard InChI is InChI=1S/C9H15NO2/c1-4-5-6-10-9(12)8(11)7(2)3/h7-8,11H,6H2,1-3H3,(H,10,12)/t8-/m0/s1. The van der Waals surface area contributed by atoms with E-state index in [2.05, 4.69) is 17.2 Å². The van der Waals surface area contributed by atoms with Crippen LogP contribution in [0.1, 0.15) is 20.8 Å². The van der Waals surface area contributed by atoms with E-state index >= 15 is 0 Å². The van der Waals surface area contributed by atoms with Gasteiger partial charge in [-0.3, -0.25) is 4.79 Å². The van der Waals surface area contributed by atoms with Gasteiger partial charge in [0.25, 0.3) is 0 Å². The second-order valence-electron chi connectivity index (χ2n) is 2.83. The molecule has 3 nitrogen and oxygen atoms in total. The fourth-order valence-corrected chi connectivity index (χ4v) is 0.627. The van der Waals surface area contributed by atoms with Crippen LogP contribution in [0.5, 0.6) is 0 Å². The molecule has 0 aromatic heterocycles. The number of carbonyl (C=O) groups excluding carboxylic acids is 1. The van der Waals surface area contributed by atoms with Crippen molar-refractivity contribution in [3.63, 3.8) is 0 Å². The lowest BCUT2D eigenvalue weighted by Gasteiger charge is -2.12. The Kier molecular flexibility index (Phi) is 5.14. The zero-order valence-electron chi connectivity index (χ0n) is 7.72. The molecule has 1 amide bonds. The molecule has 0 rings (SSSR count). The van der Waals surface area contributed by atoms with Crippen LogP contribution in [0.15, 0.2) is 0 Å². The van der Waals surface area contributed by atoms with Gasteiger partial charge in [-0.15, -0.1) is 5.92 Å². The minimum Gasteiger partial charge on any atom is -0.383 e. The Labute approximate surface area is 73.2 Å². The summed E-state index contributed by atoms with van der Waals surface area (Å²) in [7, 11) is 0. The molecule has 0 radical (unpaired) electrons. The second-order valence-corrected chi connectivity index (χ2v) is 2.83. The zero-order valence-corrected chi connectivity index (χ0v) is 7.72. The zero-order chi connectivity index (χ0) is 9.56. The normalized spacial score (nSPS) is 11.8. The molecule has 0 aliphatic rings. The molecule has 1 atom stereocenters. The van der Waals surface area contributed by atoms with Crippen molar-refractivity contribution in [2.45, 2.75) is 26.9 Å². The van der Waals surface area contributed by atoms with Crippen molar-refractivity contribution in [2.24, 2.45) is 5.92 Å². The number of carbonyl (C=O) groups is 1. The van der Waals surface area contributed by atoms with Crippen molar-refractivity contribution in [3.8, 4) is 11.8 Å². The quantitative estimate of drug-likeness (QED) is 0.590. The van der Waals surface area contributed by atoms with Crippen molar-refractivity contribution in [2.75, 3.05) is 6.54 Å². The number of amides is 1. The highest BCUT2D eigenvalue weighted by molar-refractivity contribution is 5.80. The Morgan fingerprint density at radius 3 is 2.58 bits per heavy atom. The molecule has 0 aliphatic heterocycles. The van der Waals surface area contributed by atoms with E-state index in [9.17, 15) is 9.90 Å². The summed E-state index contributed by atoms with van der Waals surface area (Å²) in [6.07, 6.45) is -0.927. The van der Waals surface area contributed by atoms with Crippen LogP contribution in [0, 0.1) is 17.8 Å². The van der Waals surface area contributed by atoms with E-state index in [1.807, 2.05) is 0 Å². The van der Waals surface area contributed by atoms with Gasteiger partial charge in [0.1, 0.15) is 6.10 Å². The Hall–Kier alpha value is -1.01. The number of nitrogens with one attached hydrogen (secondary N) is 1. The third-order valence-corrected chi connectivity index (χ3v) is 1.43. The first-order chi connectivity index (χ1) is 5.59. The number of hydrogen-bond acceptors (Lipinski definition) is 2. The first kappa shape index (κ1) is 11.0. The summed E-state index contributed by atoms with van der Waals surface area (Å²) in [5.41, 5.74) is 0. The first-order valence-electron chi connectivity index (χ1n) is 3.95. The van der Waals surface area contributed by atoms with Crippen molar-refractivity contribution in [1.82, 2.24) is 5.32 Å². The van der Waals surface area contributed by atoms with Gasteiger partial charge in [0.2, 0.25) is 5.91 Å². The van der Waals surface area contributed by atoms with E-state index in [1.165, 1.54) is 0 Å². The summed E-state index contributed by atoms with van der Waals surface area (Å²) >= 11 is 0. The van der Waals surface area contributed by atoms with Crippen LogP contribution in [-0.2, 0) is 4.79 Å². The van der Waals surface area contributed by atoms with Gasteiger partial charge in [0.15, 0.2) is 0 Å². The molecule has 0 saturated carbocycles. The summed E-state index contributed by atoms with van der Waals surface area (Å²) in [6.45, 7) is 5.58. The topological polar surface area (TPSA) is 49.3 Å². The molecule has 0 bridgehead atoms. The van der Waals surface area contributed by atoms with E-state index in [0.717, 1.165) is 0 Å². The predicted molar refractivity (Wildman–Crippen MR) is 47.3 cm³/mol. The van der Waals surface area contributed by atoms with Crippen LogP contribution >= 0.6 is 0 Å². The van der Waals surface area contributed by atoms with Gasteiger partial charge in [-0.1, -0.05) is 19.8 Å². The van der Waals surface area contributed by atoms with E-state index < -0.39 is 6.10 Å². The minimum atomic E-state index is -0.927. The molecule has 68 valence electrons. The SMILES string of the molecule is CC#CCNC(=O)[C@@H](O)C(C)C. The van der Waals surface area contributed by atoms with Crippen LogP contribution in [0.2, 0.25) is 0 Å². The van der Waals surface area contributed by atoms with Crippen LogP contribution < -0.4 is 5.32 Å². The molecule has 0 spiro atoms. The number of aliphatic hydroxyl groups excluding tert-OH is 1. The molecule has 3 heteroatoms. The molecule has 12 heavy (non-hydrogen) atoms. The van der Waals surface area contributed by atoms with Gasteiger partial charge in [-0.2, -0.15) is 0 Å². The molecular weight excluding hydrogens is 154 g/mol. The number of rotatable bonds is 3. The average Bonchev–Trinajstić information content (AvgIpc) is 2.03. The lowest BCUT2D eigenvalue weighted by atomic mass is 10.1. The summed E-state index contributed by atoms with van der Waals surface area (Å²) in [6, 6.07) is 0. The highest BCUT2D eigenvalue weighted by atomic mass is 16.3. The van der Waals surface area contributed by atoms with E-state index in [-0.39, 0.29) is 11.8 Å². The highest BCUT2D eigenvalue weighted by Gasteiger charge is 2.17. The number of aliphatic hydroxyl groups is 1. The van der Waals surface area contributed by atoms with Crippen LogP contribution in [0.4, 0.5) is 0 Å². The number of hydrogen-bond donors (Lipinski definition) is 2. The lowest BCUT2D eigenvalue weighted by Crippen LogP contribution is -2.37. The summed E-state index contributed by atoms with van der Waals surface area (Å²) in [5.74, 6) is 4.91. The van der Waals surface area contributed by atoms with Crippen molar-refractivity contribution in [3.05, 3.63) is 0 Å². The van der Waals surface area contributed by atoms with Crippen molar-refractivity contribution in [1.29, 1.82) is 0 Å². The summed E-state index contributed by atoms with van der Waals surface area (Å²) < 4.78 is 0. The van der Waals surface area contributed by atoms with Gasteiger partial charge in [-0.25, -0.2) is 0 Å². The highest BCUT2D eigenvalue weighted by Crippen LogP contribution is 1.99. The smallest absolute Gasteiger partial charge is 0.249 e. The fourth-order valence-electron chi connectivity index (χ4n) is 0.627. The maximum Gasteiger partial charge on any atom is 0.249 e. The Bertz CT molecular complexity index is 200. The molecule has 0 aliphatic carbocycles. The minimum absolute atomic E-state index is 0.0559. The predicted octanol–water partition coefficient (Wildman–Crippen LogP) is 0.143. The molecule has 2 N–H and O–H groups in total. The van der Waals surface area contributed by atoms with Gasteiger partial charge in [0.05, 0.1) is 6.54 Å². The molecule has 0 heterocycles. The van der Waals surface area contributed by atoms with Gasteiger partial charge in [-0.05, 0) is 12.8 Å². The van der Waals surface area contributed by atoms with E-state index in [0.29, 0.717) is 6.54 Å². The lowest BCUT2D eigenvalue weighted by molar-refractivity contribution is -0.131. The van der Waals surface area contributed by atoms with Crippen molar-refractivity contribution < 1.29 is 9.90 Å². The van der Waals surface area contributed by atoms with Crippen LogP contribution in [-0.4, -0.2) is 23.7 Å². The third kappa shape index (κ3) is 3.99. The molecule has 0 unspecified atom stereocenters. The maximum absolute atomic E-state index is 11.0. The molecule has 0 fully saturated rings. The molecule has 0 aromatic rings. The monoisotopic (exact) mass is 169 g/mol. The first-order valence-corrected chi connectivity index (χ1v) is 3.95. The van der Waals surface area contributed by atoms with Gasteiger partial charge in [0, 0.05) is 0 Å². The van der Waals surface area contributed by atoms with E-state index in [4.69, 9.17) is 0 Å². The Morgan fingerprint density at radius 1 is 1.58 bits per heavy atom. The van der Waals surface area contributed by atoms with Gasteiger partial charge >= 0.3 is 0 Å². The maximum atomic E-state index is 11.0. The largest absolute Gasteiger partial charge is 0.383 e. The van der Waals surface area contributed by atoms with Crippen LogP contribution in [0.25, 0.3) is 0 Å². The molecule has 0 saturated heterocycles. The Balaban J connectivity index is 3.77. The van der Waals surface area contributed by atoms with Gasteiger partial charge < -0.3 is 10.4 Å². The molecular formula is C9H15NO2. The molecule has 0 aromatic carbocycles. The average molecular weight is 169 g/mol. The van der Waals surface area contributed by atoms with Crippen molar-refractivity contribution >= 4 is 5.91 Å². The van der Waals surface area contributed by atoms with Crippen LogP contribution in [0.3, 0.4) is 0 Å². The summed E-state index contributed by atoms with van der Waals surface area (Å²) in [4.78, 5) is 11.0. The van der Waals surface area contributed by atoms with E-state index in [1.54, 1.807) is 20.8 Å². The Morgan fingerprint density at radius 2 is 2.17 bits per heavy atom. The third-order valence-electron chi connectivity index (χ3n) is 1.43. The summed E-state index contributed by atoms with van der Waals surface area (Å²) in [5, 5.41) is 11.7. The fraction of sp³-hybridized carbons (Fsp3) is 0.667.